The van der Waals surface area contributed by atoms with Crippen molar-refractivity contribution in [1.82, 2.24) is 0 Å². The zero-order valence-electron chi connectivity index (χ0n) is 7.40. The van der Waals surface area contributed by atoms with Gasteiger partial charge < -0.3 is 5.11 Å². The van der Waals surface area contributed by atoms with Crippen LogP contribution < -0.4 is 0 Å². The lowest BCUT2D eigenvalue weighted by molar-refractivity contribution is -0.137. The van der Waals surface area contributed by atoms with E-state index in [1.807, 2.05) is 0 Å². The summed E-state index contributed by atoms with van der Waals surface area (Å²) < 4.78 is 11.3. The Kier molecular flexibility index (Phi) is 4.80. The fraction of sp³-hybridized carbons (Fsp3) is 0.875. The molecule has 3 nitrogen and oxygen atoms in total. The van der Waals surface area contributed by atoms with Crippen LogP contribution >= 0.6 is 10.8 Å². The Hall–Kier alpha value is -0.0300. The molecule has 1 N–H and O–H groups in total. The number of carboxylic acid groups (broad SMARTS) is 1. The zero-order chi connectivity index (χ0) is 9.68. The first-order chi connectivity index (χ1) is 6.20. The maximum Gasteiger partial charge on any atom is 0.303 e. The molecule has 76 valence electrons. The molecule has 0 aromatic heterocycles. The van der Waals surface area contributed by atoms with Gasteiger partial charge in [0.25, 0.3) is 0 Å². The molecule has 1 aliphatic heterocycles. The van der Waals surface area contributed by atoms with Crippen LogP contribution in [0.4, 0.5) is 0 Å². The van der Waals surface area contributed by atoms with E-state index in [1.165, 1.54) is 10.8 Å². The summed E-state index contributed by atoms with van der Waals surface area (Å²) in [6.45, 7) is 0. The van der Waals surface area contributed by atoms with Crippen molar-refractivity contribution in [2.24, 2.45) is 0 Å². The summed E-state index contributed by atoms with van der Waals surface area (Å²) in [6.07, 6.45) is 3.81. The highest BCUT2D eigenvalue weighted by molar-refractivity contribution is 8.69. The Labute approximate surface area is 84.1 Å². The molecule has 0 amide bonds. The molecule has 1 saturated heterocycles. The summed E-state index contributed by atoms with van der Waals surface area (Å²) in [5.41, 5.74) is 0. The minimum Gasteiger partial charge on any atom is -0.481 e. The van der Waals surface area contributed by atoms with Crippen LogP contribution in [-0.4, -0.2) is 26.3 Å². The third-order valence-corrected chi connectivity index (χ3v) is 5.74. The van der Waals surface area contributed by atoms with Crippen LogP contribution in [0.25, 0.3) is 0 Å². The Balaban J connectivity index is 2.05. The fourth-order valence-electron chi connectivity index (χ4n) is 1.34. The lowest BCUT2D eigenvalue weighted by Crippen LogP contribution is -2.06. The van der Waals surface area contributed by atoms with Crippen molar-refractivity contribution in [1.29, 1.82) is 0 Å². The maximum absolute atomic E-state index is 11.3. The van der Waals surface area contributed by atoms with Crippen LogP contribution in [0.15, 0.2) is 0 Å². The predicted octanol–water partition coefficient (Wildman–Crippen LogP) is 1.80. The summed E-state index contributed by atoms with van der Waals surface area (Å²) in [5, 5.41) is 8.71. The van der Waals surface area contributed by atoms with Gasteiger partial charge in [-0.1, -0.05) is 17.2 Å². The number of carboxylic acids is 1. The topological polar surface area (TPSA) is 54.4 Å². The number of aliphatic carboxylic acids is 1. The Bertz CT molecular complexity index is 206. The molecular weight excluding hydrogens is 208 g/mol. The first-order valence-corrected chi connectivity index (χ1v) is 7.17. The SMILES string of the molecule is O=C(O)CCCC[C@H]1CCSS1=O. The smallest absolute Gasteiger partial charge is 0.303 e. The highest BCUT2D eigenvalue weighted by Crippen LogP contribution is 2.29. The summed E-state index contributed by atoms with van der Waals surface area (Å²) in [5.74, 6) is 0.262. The molecule has 1 fully saturated rings. The Morgan fingerprint density at radius 2 is 2.31 bits per heavy atom. The molecule has 0 aliphatic carbocycles. The summed E-state index contributed by atoms with van der Waals surface area (Å²) in [6, 6.07) is 0. The summed E-state index contributed by atoms with van der Waals surface area (Å²) in [7, 11) is 0.820. The molecule has 2 atom stereocenters. The fourth-order valence-corrected chi connectivity index (χ4v) is 4.84. The number of hydrogen-bond acceptors (Lipinski definition) is 3. The molecule has 1 heterocycles. The van der Waals surface area contributed by atoms with E-state index in [1.54, 1.807) is 0 Å². The summed E-state index contributed by atoms with van der Waals surface area (Å²) >= 11 is 0. The van der Waals surface area contributed by atoms with E-state index in [-0.39, 0.29) is 6.42 Å². The van der Waals surface area contributed by atoms with Crippen LogP contribution in [0.2, 0.25) is 0 Å². The normalized spacial score (nSPS) is 27.7. The van der Waals surface area contributed by atoms with Gasteiger partial charge in [-0.25, -0.2) is 4.21 Å². The van der Waals surface area contributed by atoms with Crippen molar-refractivity contribution in [3.63, 3.8) is 0 Å². The van der Waals surface area contributed by atoms with Gasteiger partial charge >= 0.3 is 5.97 Å². The average Bonchev–Trinajstić information content (AvgIpc) is 2.45. The zero-order valence-corrected chi connectivity index (χ0v) is 9.03. The molecular formula is C8H14O3S2. The van der Waals surface area contributed by atoms with E-state index in [2.05, 4.69) is 0 Å². The van der Waals surface area contributed by atoms with Crippen molar-refractivity contribution in [2.45, 2.75) is 37.4 Å². The van der Waals surface area contributed by atoms with Gasteiger partial charge in [-0.3, -0.25) is 4.79 Å². The van der Waals surface area contributed by atoms with Gasteiger partial charge in [0.05, 0.1) is 9.83 Å². The van der Waals surface area contributed by atoms with Gasteiger partial charge in [0.2, 0.25) is 0 Å². The largest absolute Gasteiger partial charge is 0.481 e. The average molecular weight is 222 g/mol. The number of hydrogen-bond donors (Lipinski definition) is 1. The van der Waals surface area contributed by atoms with Crippen molar-refractivity contribution >= 4 is 26.6 Å². The van der Waals surface area contributed by atoms with Gasteiger partial charge in [0.15, 0.2) is 0 Å². The van der Waals surface area contributed by atoms with E-state index >= 15 is 0 Å². The van der Waals surface area contributed by atoms with Crippen molar-refractivity contribution in [3.05, 3.63) is 0 Å². The lowest BCUT2D eigenvalue weighted by atomic mass is 10.1. The molecule has 0 spiro atoms. The van der Waals surface area contributed by atoms with Crippen LogP contribution in [0.1, 0.15) is 32.1 Å². The molecule has 0 radical (unpaired) electrons. The van der Waals surface area contributed by atoms with Gasteiger partial charge in [-0.05, 0) is 19.3 Å². The second-order valence-corrected chi connectivity index (χ2v) is 6.66. The third kappa shape index (κ3) is 4.13. The molecule has 5 heteroatoms. The molecule has 13 heavy (non-hydrogen) atoms. The highest BCUT2D eigenvalue weighted by atomic mass is 33.1. The number of rotatable bonds is 5. The molecule has 1 unspecified atom stereocenters. The molecule has 0 aromatic carbocycles. The second-order valence-electron chi connectivity index (χ2n) is 3.13. The molecule has 1 aliphatic rings. The van der Waals surface area contributed by atoms with Gasteiger partial charge in [-0.2, -0.15) is 0 Å². The Morgan fingerprint density at radius 3 is 2.85 bits per heavy atom. The van der Waals surface area contributed by atoms with Crippen LogP contribution in [0.3, 0.4) is 0 Å². The maximum atomic E-state index is 11.3. The number of unbranched alkanes of at least 4 members (excludes halogenated alkanes) is 1. The van der Waals surface area contributed by atoms with Gasteiger partial charge in [0, 0.05) is 17.4 Å². The lowest BCUT2D eigenvalue weighted by Gasteiger charge is -2.05. The standard InChI is InChI=1S/C8H14O3S2/c9-8(10)4-2-1-3-7-5-6-12-13(7)11/h7H,1-6H2,(H,9,10)/t7-,13?/m0/s1. The van der Waals surface area contributed by atoms with E-state index in [0.29, 0.717) is 11.7 Å². The first-order valence-electron chi connectivity index (χ1n) is 4.46. The third-order valence-electron chi connectivity index (χ3n) is 2.08. The van der Waals surface area contributed by atoms with Crippen LogP contribution in [0, 0.1) is 0 Å². The molecule has 0 bridgehead atoms. The van der Waals surface area contributed by atoms with Crippen LogP contribution in [-0.2, 0) is 14.6 Å². The first kappa shape index (κ1) is 11.0. The van der Waals surface area contributed by atoms with Crippen molar-refractivity contribution in [2.75, 3.05) is 5.75 Å². The van der Waals surface area contributed by atoms with Crippen molar-refractivity contribution in [3.8, 4) is 0 Å². The van der Waals surface area contributed by atoms with Gasteiger partial charge in [-0.15, -0.1) is 0 Å². The van der Waals surface area contributed by atoms with E-state index in [9.17, 15) is 9.00 Å². The number of carbonyl (C=O) groups is 1. The van der Waals surface area contributed by atoms with E-state index in [4.69, 9.17) is 5.11 Å². The van der Waals surface area contributed by atoms with Crippen LogP contribution in [0.5, 0.6) is 0 Å². The summed E-state index contributed by atoms with van der Waals surface area (Å²) in [4.78, 5) is 10.2. The van der Waals surface area contributed by atoms with E-state index in [0.717, 1.165) is 25.0 Å². The second kappa shape index (κ2) is 5.65. The Morgan fingerprint density at radius 1 is 1.54 bits per heavy atom. The van der Waals surface area contributed by atoms with Gasteiger partial charge in [0.1, 0.15) is 0 Å². The van der Waals surface area contributed by atoms with E-state index < -0.39 is 15.8 Å². The predicted molar refractivity (Wildman–Crippen MR) is 55.1 cm³/mol. The monoisotopic (exact) mass is 222 g/mol. The molecule has 0 saturated carbocycles. The minimum atomic E-state index is -0.734. The quantitative estimate of drug-likeness (QED) is 0.569. The molecule has 1 rings (SSSR count). The van der Waals surface area contributed by atoms with Crippen molar-refractivity contribution < 1.29 is 14.1 Å². The minimum absolute atomic E-state index is 0.243. The molecule has 0 aromatic rings. The highest BCUT2D eigenvalue weighted by Gasteiger charge is 2.23.